The van der Waals surface area contributed by atoms with Crippen LogP contribution in [0.25, 0.3) is 17.0 Å². The van der Waals surface area contributed by atoms with Gasteiger partial charge in [-0.2, -0.15) is 4.98 Å². The Hall–Kier alpha value is -4.26. The number of nitrogens with zero attached hydrogens (tertiary/aromatic N) is 3. The van der Waals surface area contributed by atoms with Crippen LogP contribution in [0, 0.1) is 12.7 Å². The molecule has 4 aromatic rings. The molecule has 0 bridgehead atoms. The zero-order valence-corrected chi connectivity index (χ0v) is 20.5. The Morgan fingerprint density at radius 3 is 2.28 bits per heavy atom. The first-order valence-corrected chi connectivity index (χ1v) is 12.0. The lowest BCUT2D eigenvalue weighted by molar-refractivity contribution is 0.203. The van der Waals surface area contributed by atoms with Crippen molar-refractivity contribution < 1.29 is 13.7 Å². The molecule has 7 heteroatoms. The first-order valence-electron chi connectivity index (χ1n) is 12.0. The van der Waals surface area contributed by atoms with Gasteiger partial charge in [0.2, 0.25) is 5.82 Å². The van der Waals surface area contributed by atoms with E-state index in [4.69, 9.17) is 9.51 Å². The van der Waals surface area contributed by atoms with Crippen LogP contribution in [0.2, 0.25) is 0 Å². The van der Waals surface area contributed by atoms with Gasteiger partial charge in [0.25, 0.3) is 5.89 Å². The van der Waals surface area contributed by atoms with Gasteiger partial charge in [-0.25, -0.2) is 9.18 Å². The summed E-state index contributed by atoms with van der Waals surface area (Å²) >= 11 is 0. The third kappa shape index (κ3) is 4.64. The highest BCUT2D eigenvalue weighted by atomic mass is 19.1. The Balaban J connectivity index is 1.58. The number of rotatable bonds is 6. The lowest BCUT2D eigenvalue weighted by Crippen LogP contribution is -2.45. The van der Waals surface area contributed by atoms with Crippen LogP contribution in [0.5, 0.6) is 0 Å². The largest absolute Gasteiger partial charge is 0.334 e. The maximum absolute atomic E-state index is 13.4. The fourth-order valence-electron chi connectivity index (χ4n) is 4.37. The second kappa shape index (κ2) is 9.77. The minimum absolute atomic E-state index is 0.247. The minimum Gasteiger partial charge on any atom is -0.334 e. The monoisotopic (exact) mass is 482 g/mol. The van der Waals surface area contributed by atoms with Crippen LogP contribution in [-0.4, -0.2) is 21.1 Å². The molecule has 1 unspecified atom stereocenters. The van der Waals surface area contributed by atoms with Gasteiger partial charge in [-0.1, -0.05) is 78.3 Å². The molecular formula is C29H27FN4O2. The summed E-state index contributed by atoms with van der Waals surface area (Å²) in [5.74, 6) is 0.504. The van der Waals surface area contributed by atoms with E-state index in [0.29, 0.717) is 17.4 Å². The number of aryl methyl sites for hydroxylation is 2. The summed E-state index contributed by atoms with van der Waals surface area (Å²) in [7, 11) is 0. The molecule has 6 nitrogen and oxygen atoms in total. The molecule has 1 aromatic heterocycles. The van der Waals surface area contributed by atoms with Crippen molar-refractivity contribution in [2.45, 2.75) is 39.8 Å². The molecular weight excluding hydrogens is 455 g/mol. The number of nitrogens with one attached hydrogen (secondary N) is 1. The predicted octanol–water partition coefficient (Wildman–Crippen LogP) is 6.44. The number of hydrogen-bond donors (Lipinski definition) is 1. The molecule has 2 amide bonds. The van der Waals surface area contributed by atoms with Crippen LogP contribution in [-0.2, 0) is 13.0 Å². The van der Waals surface area contributed by atoms with Crippen LogP contribution >= 0.6 is 0 Å². The molecule has 36 heavy (non-hydrogen) atoms. The fourth-order valence-corrected chi connectivity index (χ4v) is 4.37. The van der Waals surface area contributed by atoms with Gasteiger partial charge in [0.1, 0.15) is 5.82 Å². The van der Waals surface area contributed by atoms with Crippen molar-refractivity contribution in [3.05, 3.63) is 112 Å². The summed E-state index contributed by atoms with van der Waals surface area (Å²) in [4.78, 5) is 19.6. The van der Waals surface area contributed by atoms with E-state index in [1.807, 2.05) is 50.2 Å². The molecule has 0 spiro atoms. The zero-order valence-electron chi connectivity index (χ0n) is 20.5. The van der Waals surface area contributed by atoms with Gasteiger partial charge < -0.3 is 9.84 Å². The number of aromatic nitrogens is 2. The number of allylic oxidation sites excluding steroid dienone is 1. The van der Waals surface area contributed by atoms with Gasteiger partial charge in [0.05, 0.1) is 18.2 Å². The fraction of sp³-hybridized carbons (Fsp3) is 0.207. The van der Waals surface area contributed by atoms with Crippen molar-refractivity contribution in [3.63, 3.8) is 0 Å². The normalized spacial score (nSPS) is 15.8. The van der Waals surface area contributed by atoms with Gasteiger partial charge in [0, 0.05) is 11.3 Å². The number of carbonyl (C=O) groups is 1. The molecule has 3 aromatic carbocycles. The highest BCUT2D eigenvalue weighted by Gasteiger charge is 2.35. The Morgan fingerprint density at radius 1 is 0.944 bits per heavy atom. The SMILES string of the molecule is CCc1ccc(C2NC(=O)N(Cc3ccc(F)cc3)C(C)=C2c2nc(-c3ccc(C)cc3)no2)cc1. The van der Waals surface area contributed by atoms with E-state index in [2.05, 4.69) is 29.5 Å². The van der Waals surface area contributed by atoms with E-state index >= 15 is 0 Å². The number of halogens is 1. The quantitative estimate of drug-likeness (QED) is 0.343. The van der Waals surface area contributed by atoms with Crippen molar-refractivity contribution in [1.29, 1.82) is 0 Å². The Bertz CT molecular complexity index is 1410. The first-order chi connectivity index (χ1) is 17.4. The smallest absolute Gasteiger partial charge is 0.322 e. The summed E-state index contributed by atoms with van der Waals surface area (Å²) < 4.78 is 19.2. The molecule has 0 saturated heterocycles. The molecule has 0 aliphatic carbocycles. The first kappa shape index (κ1) is 23.5. The van der Waals surface area contributed by atoms with Crippen LogP contribution in [0.3, 0.4) is 0 Å². The minimum atomic E-state index is -0.459. The van der Waals surface area contributed by atoms with Gasteiger partial charge >= 0.3 is 6.03 Å². The molecule has 1 aliphatic rings. The maximum Gasteiger partial charge on any atom is 0.322 e. The van der Waals surface area contributed by atoms with Gasteiger partial charge in [-0.05, 0) is 49.1 Å². The Morgan fingerprint density at radius 2 is 1.61 bits per heavy atom. The van der Waals surface area contributed by atoms with Crippen molar-refractivity contribution in [1.82, 2.24) is 20.4 Å². The summed E-state index contributed by atoms with van der Waals surface area (Å²) in [6.45, 7) is 6.28. The molecule has 182 valence electrons. The van der Waals surface area contributed by atoms with Crippen LogP contribution < -0.4 is 5.32 Å². The third-order valence-corrected chi connectivity index (χ3v) is 6.54. The Labute approximate surface area is 209 Å². The third-order valence-electron chi connectivity index (χ3n) is 6.54. The van der Waals surface area contributed by atoms with E-state index in [9.17, 15) is 9.18 Å². The van der Waals surface area contributed by atoms with Crippen LogP contribution in [0.4, 0.5) is 9.18 Å². The predicted molar refractivity (Wildman–Crippen MR) is 136 cm³/mol. The zero-order chi connectivity index (χ0) is 25.2. The molecule has 1 N–H and O–H groups in total. The number of urea groups is 1. The average Bonchev–Trinajstić information content (AvgIpc) is 3.37. The van der Waals surface area contributed by atoms with Gasteiger partial charge in [-0.3, -0.25) is 4.90 Å². The lowest BCUT2D eigenvalue weighted by atomic mass is 9.93. The molecule has 0 radical (unpaired) electrons. The van der Waals surface area contributed by atoms with Crippen molar-refractivity contribution in [2.75, 3.05) is 0 Å². The second-order valence-electron chi connectivity index (χ2n) is 8.98. The van der Waals surface area contributed by atoms with Crippen molar-refractivity contribution in [3.8, 4) is 11.4 Å². The van der Waals surface area contributed by atoms with Gasteiger partial charge in [-0.15, -0.1) is 0 Å². The number of amides is 2. The van der Waals surface area contributed by atoms with E-state index in [1.165, 1.54) is 17.7 Å². The average molecular weight is 483 g/mol. The van der Waals surface area contributed by atoms with Crippen LogP contribution in [0.1, 0.15) is 48.0 Å². The van der Waals surface area contributed by atoms with E-state index < -0.39 is 6.04 Å². The summed E-state index contributed by atoms with van der Waals surface area (Å²) in [5, 5.41) is 7.34. The van der Waals surface area contributed by atoms with E-state index in [-0.39, 0.29) is 18.4 Å². The second-order valence-corrected chi connectivity index (χ2v) is 8.98. The molecule has 1 aliphatic heterocycles. The molecule has 5 rings (SSSR count). The van der Waals surface area contributed by atoms with Crippen molar-refractivity contribution in [2.24, 2.45) is 0 Å². The summed E-state index contributed by atoms with van der Waals surface area (Å²) in [6.07, 6.45) is 0.925. The summed E-state index contributed by atoms with van der Waals surface area (Å²) in [5.41, 5.74) is 6.36. The summed E-state index contributed by atoms with van der Waals surface area (Å²) in [6, 6.07) is 21.5. The maximum atomic E-state index is 13.4. The number of carbonyl (C=O) groups excluding carboxylic acids is 1. The van der Waals surface area contributed by atoms with E-state index in [1.54, 1.807) is 17.0 Å². The molecule has 2 heterocycles. The Kier molecular flexibility index (Phi) is 6.38. The van der Waals surface area contributed by atoms with E-state index in [0.717, 1.165) is 34.2 Å². The molecule has 1 atom stereocenters. The molecule has 0 fully saturated rings. The molecule has 0 saturated carbocycles. The number of benzene rings is 3. The topological polar surface area (TPSA) is 71.3 Å². The highest BCUT2D eigenvalue weighted by molar-refractivity contribution is 5.86. The van der Waals surface area contributed by atoms with Crippen molar-refractivity contribution >= 4 is 11.6 Å². The number of hydrogen-bond acceptors (Lipinski definition) is 4. The highest BCUT2D eigenvalue weighted by Crippen LogP contribution is 2.38. The van der Waals surface area contributed by atoms with Crippen LogP contribution in [0.15, 0.2) is 83.0 Å². The lowest BCUT2D eigenvalue weighted by Gasteiger charge is -2.35. The standard InChI is InChI=1S/C29H27FN4O2/c1-4-20-7-13-22(14-8-20)26-25(28-32-27(33-36-28)23-11-5-18(2)6-12-23)19(3)34(29(35)31-26)17-21-9-15-24(30)16-10-21/h5-16,26H,4,17H2,1-3H3,(H,31,35). The van der Waals surface area contributed by atoms with Gasteiger partial charge in [0.15, 0.2) is 0 Å².